The monoisotopic (exact) mass is 349 g/mol. The molecule has 2 rings (SSSR count). The lowest BCUT2D eigenvalue weighted by atomic mass is 10.2. The van der Waals surface area contributed by atoms with E-state index < -0.39 is 0 Å². The first-order chi connectivity index (χ1) is 11.6. The summed E-state index contributed by atoms with van der Waals surface area (Å²) >= 11 is 1.66. The molecule has 0 N–H and O–H groups in total. The van der Waals surface area contributed by atoms with Crippen LogP contribution in [0.3, 0.4) is 0 Å². The minimum atomic E-state index is -0.178. The molecule has 4 nitrogen and oxygen atoms in total. The van der Waals surface area contributed by atoms with Crippen LogP contribution in [0.4, 0.5) is 5.69 Å². The van der Waals surface area contributed by atoms with E-state index in [1.165, 1.54) is 19.3 Å². The maximum absolute atomic E-state index is 12.5. The predicted molar refractivity (Wildman–Crippen MR) is 100 cm³/mol. The molecule has 132 valence electrons. The number of methoxy groups -OCH3 is 1. The van der Waals surface area contributed by atoms with E-state index in [2.05, 4.69) is 6.92 Å². The second-order valence-corrected chi connectivity index (χ2v) is 7.49. The van der Waals surface area contributed by atoms with Gasteiger partial charge < -0.3 is 9.64 Å². The fourth-order valence-corrected chi connectivity index (χ4v) is 4.05. The molecule has 1 aliphatic rings. The SMILES string of the molecule is CCCCCCSC1CC(=O)CN(c2ccc(OC)cc2)CC1=O. The Morgan fingerprint density at radius 1 is 1.12 bits per heavy atom. The van der Waals surface area contributed by atoms with E-state index in [4.69, 9.17) is 4.74 Å². The van der Waals surface area contributed by atoms with Crippen molar-refractivity contribution in [1.29, 1.82) is 0 Å². The molecule has 1 unspecified atom stereocenters. The summed E-state index contributed by atoms with van der Waals surface area (Å²) in [6.45, 7) is 2.81. The zero-order valence-electron chi connectivity index (χ0n) is 14.6. The van der Waals surface area contributed by atoms with E-state index in [9.17, 15) is 9.59 Å². The second-order valence-electron chi connectivity index (χ2n) is 6.18. The van der Waals surface area contributed by atoms with Crippen LogP contribution < -0.4 is 9.64 Å². The van der Waals surface area contributed by atoms with E-state index >= 15 is 0 Å². The molecule has 0 aliphatic carbocycles. The van der Waals surface area contributed by atoms with E-state index in [1.54, 1.807) is 18.9 Å². The minimum absolute atomic E-state index is 0.141. The molecule has 1 aromatic carbocycles. The van der Waals surface area contributed by atoms with Gasteiger partial charge in [-0.3, -0.25) is 9.59 Å². The Labute approximate surface area is 148 Å². The lowest BCUT2D eigenvalue weighted by Gasteiger charge is -2.21. The van der Waals surface area contributed by atoms with Crippen LogP contribution in [0.1, 0.15) is 39.0 Å². The molecule has 1 heterocycles. The first-order valence-corrected chi connectivity index (χ1v) is 9.74. The minimum Gasteiger partial charge on any atom is -0.497 e. The fourth-order valence-electron chi connectivity index (χ4n) is 2.83. The Kier molecular flexibility index (Phi) is 7.63. The van der Waals surface area contributed by atoms with Gasteiger partial charge in [0.2, 0.25) is 0 Å². The third kappa shape index (κ3) is 5.55. The Morgan fingerprint density at radius 2 is 1.88 bits per heavy atom. The van der Waals surface area contributed by atoms with E-state index in [0.29, 0.717) is 19.5 Å². The van der Waals surface area contributed by atoms with Crippen LogP contribution in [-0.4, -0.2) is 42.8 Å². The molecule has 1 atom stereocenters. The van der Waals surface area contributed by atoms with E-state index in [1.807, 2.05) is 29.2 Å². The van der Waals surface area contributed by atoms with Crippen LogP contribution in [0.2, 0.25) is 0 Å². The lowest BCUT2D eigenvalue weighted by molar-refractivity contribution is -0.120. The number of ether oxygens (including phenoxy) is 1. The quantitative estimate of drug-likeness (QED) is 0.669. The molecule has 24 heavy (non-hydrogen) atoms. The van der Waals surface area contributed by atoms with Gasteiger partial charge in [0.05, 0.1) is 25.4 Å². The van der Waals surface area contributed by atoms with Crippen LogP contribution in [0, 0.1) is 0 Å². The third-order valence-electron chi connectivity index (χ3n) is 4.24. The van der Waals surface area contributed by atoms with Gasteiger partial charge in [0.1, 0.15) is 5.75 Å². The topological polar surface area (TPSA) is 46.6 Å². The zero-order chi connectivity index (χ0) is 17.4. The molecule has 0 radical (unpaired) electrons. The van der Waals surface area contributed by atoms with Gasteiger partial charge in [0.15, 0.2) is 11.6 Å². The first-order valence-electron chi connectivity index (χ1n) is 8.69. The predicted octanol–water partition coefficient (Wildman–Crippen LogP) is 3.73. The molecule has 5 heteroatoms. The number of anilines is 1. The average molecular weight is 349 g/mol. The number of benzene rings is 1. The van der Waals surface area contributed by atoms with E-state index in [0.717, 1.165) is 23.6 Å². The maximum atomic E-state index is 12.5. The summed E-state index contributed by atoms with van der Waals surface area (Å²) in [5, 5.41) is -0.178. The summed E-state index contributed by atoms with van der Waals surface area (Å²) in [6.07, 6.45) is 5.14. The van der Waals surface area contributed by atoms with Crippen LogP contribution >= 0.6 is 11.8 Å². The van der Waals surface area contributed by atoms with Crippen LogP contribution in [0.5, 0.6) is 5.75 Å². The van der Waals surface area contributed by atoms with Crippen molar-refractivity contribution in [1.82, 2.24) is 0 Å². The second kappa shape index (κ2) is 9.72. The highest BCUT2D eigenvalue weighted by atomic mass is 32.2. The van der Waals surface area contributed by atoms with Gasteiger partial charge >= 0.3 is 0 Å². The normalized spacial score (nSPS) is 18.6. The van der Waals surface area contributed by atoms with Gasteiger partial charge in [-0.25, -0.2) is 0 Å². The summed E-state index contributed by atoms with van der Waals surface area (Å²) < 4.78 is 5.16. The van der Waals surface area contributed by atoms with Crippen molar-refractivity contribution in [2.45, 2.75) is 44.3 Å². The highest BCUT2D eigenvalue weighted by Crippen LogP contribution is 2.25. The van der Waals surface area contributed by atoms with Crippen LogP contribution in [-0.2, 0) is 9.59 Å². The van der Waals surface area contributed by atoms with Crippen molar-refractivity contribution in [2.75, 3.05) is 30.9 Å². The number of hydrogen-bond donors (Lipinski definition) is 0. The molecule has 0 aromatic heterocycles. The van der Waals surface area contributed by atoms with Gasteiger partial charge in [0.25, 0.3) is 0 Å². The number of rotatable bonds is 8. The van der Waals surface area contributed by atoms with Crippen molar-refractivity contribution in [3.63, 3.8) is 0 Å². The number of carbonyl (C=O) groups is 2. The van der Waals surface area contributed by atoms with Crippen molar-refractivity contribution < 1.29 is 14.3 Å². The van der Waals surface area contributed by atoms with Gasteiger partial charge in [0, 0.05) is 12.1 Å². The molecule has 0 saturated carbocycles. The number of thioether (sulfide) groups is 1. The standard InChI is InChI=1S/C19H27NO3S/c1-3-4-5-6-11-24-19-12-16(21)13-20(14-18(19)22)15-7-9-17(23-2)10-8-15/h7-10,19H,3-6,11-14H2,1-2H3. The van der Waals surface area contributed by atoms with Gasteiger partial charge in [-0.2, -0.15) is 11.8 Å². The number of hydrogen-bond acceptors (Lipinski definition) is 5. The summed E-state index contributed by atoms with van der Waals surface area (Å²) in [6, 6.07) is 7.51. The fraction of sp³-hybridized carbons (Fsp3) is 0.579. The average Bonchev–Trinajstić information content (AvgIpc) is 2.73. The Hall–Kier alpha value is -1.49. The number of ketones is 2. The lowest BCUT2D eigenvalue weighted by Crippen LogP contribution is -2.32. The Morgan fingerprint density at radius 3 is 2.54 bits per heavy atom. The highest BCUT2D eigenvalue weighted by molar-refractivity contribution is 8.00. The first kappa shape index (κ1) is 18.8. The van der Waals surface area contributed by atoms with Gasteiger partial charge in [-0.1, -0.05) is 26.2 Å². The van der Waals surface area contributed by atoms with Crippen LogP contribution in [0.15, 0.2) is 24.3 Å². The molecule has 0 spiro atoms. The van der Waals surface area contributed by atoms with E-state index in [-0.39, 0.29) is 16.8 Å². The molecular weight excluding hydrogens is 322 g/mol. The molecule has 0 bridgehead atoms. The molecule has 0 amide bonds. The number of carbonyl (C=O) groups excluding carboxylic acids is 2. The van der Waals surface area contributed by atoms with Crippen molar-refractivity contribution in [3.8, 4) is 5.75 Å². The molecule has 1 aliphatic heterocycles. The largest absolute Gasteiger partial charge is 0.497 e. The molecule has 1 fully saturated rings. The number of unbranched alkanes of at least 4 members (excludes halogenated alkanes) is 3. The van der Waals surface area contributed by atoms with Crippen molar-refractivity contribution in [3.05, 3.63) is 24.3 Å². The summed E-state index contributed by atoms with van der Waals surface area (Å²) in [7, 11) is 1.62. The summed E-state index contributed by atoms with van der Waals surface area (Å²) in [5.74, 6) is 2.04. The smallest absolute Gasteiger partial charge is 0.165 e. The maximum Gasteiger partial charge on any atom is 0.165 e. The van der Waals surface area contributed by atoms with Gasteiger partial charge in [-0.05, 0) is 36.4 Å². The Bertz CT molecular complexity index is 544. The number of Topliss-reactive ketones (excluding diaryl/α,β-unsaturated/α-hetero) is 2. The van der Waals surface area contributed by atoms with Crippen molar-refractivity contribution >= 4 is 29.0 Å². The molecule has 1 aromatic rings. The highest BCUT2D eigenvalue weighted by Gasteiger charge is 2.29. The summed E-state index contributed by atoms with van der Waals surface area (Å²) in [4.78, 5) is 26.7. The zero-order valence-corrected chi connectivity index (χ0v) is 15.4. The van der Waals surface area contributed by atoms with Gasteiger partial charge in [-0.15, -0.1) is 0 Å². The van der Waals surface area contributed by atoms with Crippen LogP contribution in [0.25, 0.3) is 0 Å². The van der Waals surface area contributed by atoms with Crippen molar-refractivity contribution in [2.24, 2.45) is 0 Å². The molecule has 1 saturated heterocycles. The number of nitrogens with zero attached hydrogens (tertiary/aromatic N) is 1. The molecular formula is C19H27NO3S. The summed E-state index contributed by atoms with van der Waals surface area (Å²) in [5.41, 5.74) is 0.895. The third-order valence-corrected chi connectivity index (χ3v) is 5.60. The Balaban J connectivity index is 1.93.